The van der Waals surface area contributed by atoms with Gasteiger partial charge in [-0.3, -0.25) is 5.41 Å². The number of nitrogens with one attached hydrogen (secondary N) is 1. The van der Waals surface area contributed by atoms with Crippen molar-refractivity contribution in [2.45, 2.75) is 0 Å². The molecule has 1 heterocycles. The molecule has 0 aliphatic rings. The Hall–Kier alpha value is -2.14. The molecule has 0 fully saturated rings. The molecule has 0 spiro atoms. The van der Waals surface area contributed by atoms with Gasteiger partial charge >= 0.3 is 0 Å². The van der Waals surface area contributed by atoms with Crippen LogP contribution in [0.3, 0.4) is 0 Å². The van der Waals surface area contributed by atoms with Crippen LogP contribution in [0, 0.1) is 11.2 Å². The molecular formula is C12H9ClFN3O. The number of pyridine rings is 1. The fourth-order valence-corrected chi connectivity index (χ4v) is 1.57. The highest BCUT2D eigenvalue weighted by Crippen LogP contribution is 2.29. The lowest BCUT2D eigenvalue weighted by Gasteiger charge is -2.08. The van der Waals surface area contributed by atoms with E-state index in [1.807, 2.05) is 0 Å². The first kappa shape index (κ1) is 12.3. The Bertz CT molecular complexity index is 586. The number of aromatic nitrogens is 1. The molecule has 92 valence electrons. The Morgan fingerprint density at radius 3 is 2.56 bits per heavy atom. The highest BCUT2D eigenvalue weighted by molar-refractivity contribution is 6.35. The zero-order valence-electron chi connectivity index (χ0n) is 9.15. The van der Waals surface area contributed by atoms with Crippen LogP contribution in [0.4, 0.5) is 4.39 Å². The molecule has 18 heavy (non-hydrogen) atoms. The van der Waals surface area contributed by atoms with Crippen LogP contribution in [0.5, 0.6) is 11.6 Å². The SMILES string of the molecule is N=C(N)c1ccnc(Oc2ccc(F)cc2)c1Cl. The number of amidine groups is 1. The van der Waals surface area contributed by atoms with Gasteiger partial charge in [-0.25, -0.2) is 9.37 Å². The monoisotopic (exact) mass is 265 g/mol. The van der Waals surface area contributed by atoms with Crippen LogP contribution in [0.2, 0.25) is 5.02 Å². The summed E-state index contributed by atoms with van der Waals surface area (Å²) in [5, 5.41) is 7.49. The summed E-state index contributed by atoms with van der Waals surface area (Å²) >= 11 is 6.00. The number of nitrogen functional groups attached to an aromatic ring is 1. The van der Waals surface area contributed by atoms with E-state index in [-0.39, 0.29) is 22.6 Å². The fraction of sp³-hybridized carbons (Fsp3) is 0. The first-order valence-corrected chi connectivity index (χ1v) is 5.38. The smallest absolute Gasteiger partial charge is 0.238 e. The van der Waals surface area contributed by atoms with Crippen molar-refractivity contribution in [2.75, 3.05) is 0 Å². The second-order valence-electron chi connectivity index (χ2n) is 3.45. The first-order valence-electron chi connectivity index (χ1n) is 5.00. The third-order valence-corrected chi connectivity index (χ3v) is 2.54. The summed E-state index contributed by atoms with van der Waals surface area (Å²) in [5.41, 5.74) is 5.70. The second-order valence-corrected chi connectivity index (χ2v) is 3.83. The van der Waals surface area contributed by atoms with Gasteiger partial charge in [-0.1, -0.05) is 11.6 Å². The third-order valence-electron chi connectivity index (χ3n) is 2.18. The average Bonchev–Trinajstić information content (AvgIpc) is 2.34. The van der Waals surface area contributed by atoms with Crippen molar-refractivity contribution in [3.63, 3.8) is 0 Å². The van der Waals surface area contributed by atoms with Crippen molar-refractivity contribution >= 4 is 17.4 Å². The molecule has 1 aromatic heterocycles. The number of benzene rings is 1. The van der Waals surface area contributed by atoms with Gasteiger partial charge in [0.05, 0.1) is 0 Å². The van der Waals surface area contributed by atoms with Gasteiger partial charge in [-0.15, -0.1) is 0 Å². The summed E-state index contributed by atoms with van der Waals surface area (Å²) in [6.07, 6.45) is 1.43. The Balaban J connectivity index is 2.32. The summed E-state index contributed by atoms with van der Waals surface area (Å²) in [5.74, 6) is -0.0206. The molecule has 2 aromatic rings. The van der Waals surface area contributed by atoms with E-state index in [0.717, 1.165) is 0 Å². The maximum Gasteiger partial charge on any atom is 0.238 e. The van der Waals surface area contributed by atoms with Gasteiger partial charge in [0.2, 0.25) is 5.88 Å². The van der Waals surface area contributed by atoms with E-state index in [1.54, 1.807) is 0 Å². The first-order chi connectivity index (χ1) is 8.58. The minimum Gasteiger partial charge on any atom is -0.438 e. The molecule has 4 nitrogen and oxygen atoms in total. The van der Waals surface area contributed by atoms with Gasteiger partial charge in [-0.2, -0.15) is 0 Å². The van der Waals surface area contributed by atoms with Crippen LogP contribution in [0.1, 0.15) is 5.56 Å². The topological polar surface area (TPSA) is 72.0 Å². The molecule has 3 N–H and O–H groups in total. The minimum absolute atomic E-state index is 0.121. The normalized spacial score (nSPS) is 10.1. The molecule has 0 bridgehead atoms. The number of halogens is 2. The summed E-state index contributed by atoms with van der Waals surface area (Å²) in [6, 6.07) is 6.94. The van der Waals surface area contributed by atoms with Crippen molar-refractivity contribution in [1.29, 1.82) is 5.41 Å². The van der Waals surface area contributed by atoms with Gasteiger partial charge < -0.3 is 10.5 Å². The summed E-state index contributed by atoms with van der Waals surface area (Å²) in [4.78, 5) is 3.94. The quantitative estimate of drug-likeness (QED) is 0.662. The molecule has 6 heteroatoms. The van der Waals surface area contributed by atoms with E-state index in [1.165, 1.54) is 36.5 Å². The average molecular weight is 266 g/mol. The van der Waals surface area contributed by atoms with E-state index in [4.69, 9.17) is 27.5 Å². The highest BCUT2D eigenvalue weighted by Gasteiger charge is 2.11. The molecule has 0 saturated heterocycles. The standard InChI is InChI=1S/C12H9ClFN3O/c13-10-9(11(15)16)5-6-17-12(10)18-8-3-1-7(14)2-4-8/h1-6H,(H3,15,16). The number of ether oxygens (including phenoxy) is 1. The molecule has 0 unspecified atom stereocenters. The van der Waals surface area contributed by atoms with Crippen LogP contribution in [-0.2, 0) is 0 Å². The van der Waals surface area contributed by atoms with Crippen molar-refractivity contribution in [3.05, 3.63) is 52.9 Å². The minimum atomic E-state index is -0.362. The van der Waals surface area contributed by atoms with E-state index >= 15 is 0 Å². The predicted octanol–water partition coefficient (Wildman–Crippen LogP) is 2.95. The molecule has 2 rings (SSSR count). The van der Waals surface area contributed by atoms with E-state index in [2.05, 4.69) is 4.98 Å². The Morgan fingerprint density at radius 1 is 1.28 bits per heavy atom. The summed E-state index contributed by atoms with van der Waals surface area (Å²) in [6.45, 7) is 0. The maximum atomic E-state index is 12.7. The molecule has 0 saturated carbocycles. The zero-order valence-corrected chi connectivity index (χ0v) is 9.91. The van der Waals surface area contributed by atoms with Gasteiger partial charge in [0.1, 0.15) is 22.4 Å². The molecule has 0 aliphatic heterocycles. The number of hydrogen-bond acceptors (Lipinski definition) is 3. The summed E-state index contributed by atoms with van der Waals surface area (Å²) < 4.78 is 18.1. The van der Waals surface area contributed by atoms with Gasteiger partial charge in [-0.05, 0) is 30.3 Å². The van der Waals surface area contributed by atoms with Gasteiger partial charge in [0.25, 0.3) is 0 Å². The lowest BCUT2D eigenvalue weighted by Crippen LogP contribution is -2.12. The molecule has 0 atom stereocenters. The molecule has 1 aromatic carbocycles. The molecule has 0 radical (unpaired) electrons. The largest absolute Gasteiger partial charge is 0.438 e. The van der Waals surface area contributed by atoms with Crippen molar-refractivity contribution < 1.29 is 9.13 Å². The maximum absolute atomic E-state index is 12.7. The lowest BCUT2D eigenvalue weighted by atomic mass is 10.2. The van der Waals surface area contributed by atoms with Gasteiger partial charge in [0, 0.05) is 11.8 Å². The lowest BCUT2D eigenvalue weighted by molar-refractivity contribution is 0.461. The molecule has 0 aliphatic carbocycles. The van der Waals surface area contributed by atoms with Crippen LogP contribution in [-0.4, -0.2) is 10.8 Å². The van der Waals surface area contributed by atoms with Crippen LogP contribution in [0.15, 0.2) is 36.5 Å². The van der Waals surface area contributed by atoms with E-state index < -0.39 is 0 Å². The van der Waals surface area contributed by atoms with Crippen molar-refractivity contribution in [1.82, 2.24) is 4.98 Å². The summed E-state index contributed by atoms with van der Waals surface area (Å²) in [7, 11) is 0. The van der Waals surface area contributed by atoms with Crippen molar-refractivity contribution in [2.24, 2.45) is 5.73 Å². The third kappa shape index (κ3) is 2.57. The zero-order chi connectivity index (χ0) is 13.1. The Kier molecular flexibility index (Phi) is 3.43. The number of nitrogens with zero attached hydrogens (tertiary/aromatic N) is 1. The molecular weight excluding hydrogens is 257 g/mol. The van der Waals surface area contributed by atoms with Crippen LogP contribution in [0.25, 0.3) is 0 Å². The fourth-order valence-electron chi connectivity index (χ4n) is 1.32. The number of nitrogens with two attached hydrogens (primary N) is 1. The predicted molar refractivity (Wildman–Crippen MR) is 66.7 cm³/mol. The number of rotatable bonds is 3. The van der Waals surface area contributed by atoms with Crippen LogP contribution >= 0.6 is 11.6 Å². The second kappa shape index (κ2) is 5.01. The highest BCUT2D eigenvalue weighted by atomic mass is 35.5. The van der Waals surface area contributed by atoms with E-state index in [0.29, 0.717) is 11.3 Å². The van der Waals surface area contributed by atoms with E-state index in [9.17, 15) is 4.39 Å². The van der Waals surface area contributed by atoms with Crippen molar-refractivity contribution in [3.8, 4) is 11.6 Å². The van der Waals surface area contributed by atoms with Gasteiger partial charge in [0.15, 0.2) is 0 Å². The van der Waals surface area contributed by atoms with Crippen LogP contribution < -0.4 is 10.5 Å². The number of hydrogen-bond donors (Lipinski definition) is 2. The Morgan fingerprint density at radius 2 is 1.94 bits per heavy atom. The Labute approximate surface area is 108 Å². The molecule has 0 amide bonds.